The standard InChI is InChI=1S/C11H19NO5/c1-2-17-8-3-7(4-8)5-10(14)12-6-9(13)11(15)16/h7-9,13H,2-6H2,1H3,(H,12,14)(H,15,16). The molecule has 1 fully saturated rings. The summed E-state index contributed by atoms with van der Waals surface area (Å²) >= 11 is 0. The van der Waals surface area contributed by atoms with E-state index in [1.54, 1.807) is 0 Å². The van der Waals surface area contributed by atoms with Crippen LogP contribution in [0.15, 0.2) is 0 Å². The Kier molecular flexibility index (Phi) is 5.37. The molecule has 0 aliphatic heterocycles. The van der Waals surface area contributed by atoms with Crippen molar-refractivity contribution < 1.29 is 24.5 Å². The van der Waals surface area contributed by atoms with E-state index in [1.807, 2.05) is 6.92 Å². The van der Waals surface area contributed by atoms with E-state index in [0.717, 1.165) is 12.8 Å². The van der Waals surface area contributed by atoms with Gasteiger partial charge >= 0.3 is 5.97 Å². The molecule has 6 heteroatoms. The van der Waals surface area contributed by atoms with Crippen LogP contribution >= 0.6 is 0 Å². The molecule has 1 atom stereocenters. The Bertz CT molecular complexity index is 275. The Morgan fingerprint density at radius 1 is 1.47 bits per heavy atom. The number of aliphatic hydroxyl groups excluding tert-OH is 1. The van der Waals surface area contributed by atoms with Crippen LogP contribution < -0.4 is 5.32 Å². The molecule has 0 aromatic carbocycles. The molecule has 98 valence electrons. The lowest BCUT2D eigenvalue weighted by atomic mass is 9.80. The molecule has 1 unspecified atom stereocenters. The van der Waals surface area contributed by atoms with Crippen molar-refractivity contribution in [3.63, 3.8) is 0 Å². The molecule has 0 saturated heterocycles. The number of rotatable bonds is 7. The zero-order valence-electron chi connectivity index (χ0n) is 9.89. The maximum absolute atomic E-state index is 11.4. The number of carboxylic acid groups (broad SMARTS) is 1. The van der Waals surface area contributed by atoms with Gasteiger partial charge < -0.3 is 20.3 Å². The van der Waals surface area contributed by atoms with Crippen molar-refractivity contribution in [3.8, 4) is 0 Å². The molecule has 3 N–H and O–H groups in total. The summed E-state index contributed by atoms with van der Waals surface area (Å²) in [5.74, 6) is -1.23. The quantitative estimate of drug-likeness (QED) is 0.575. The van der Waals surface area contributed by atoms with Crippen LogP contribution in [-0.4, -0.2) is 47.4 Å². The van der Waals surface area contributed by atoms with Crippen LogP contribution in [0.3, 0.4) is 0 Å². The molecule has 0 aromatic rings. The zero-order valence-corrected chi connectivity index (χ0v) is 9.89. The first-order valence-electron chi connectivity index (χ1n) is 5.82. The molecule has 0 aromatic heterocycles. The molecule has 1 saturated carbocycles. The van der Waals surface area contributed by atoms with Gasteiger partial charge in [0.15, 0.2) is 6.10 Å². The van der Waals surface area contributed by atoms with E-state index in [2.05, 4.69) is 5.32 Å². The number of carbonyl (C=O) groups excluding carboxylic acids is 1. The van der Waals surface area contributed by atoms with Crippen LogP contribution in [0.4, 0.5) is 0 Å². The number of aliphatic carboxylic acids is 1. The summed E-state index contributed by atoms with van der Waals surface area (Å²) in [4.78, 5) is 21.7. The Balaban J connectivity index is 2.09. The normalized spacial score (nSPS) is 24.8. The van der Waals surface area contributed by atoms with Crippen LogP contribution in [0, 0.1) is 5.92 Å². The Morgan fingerprint density at radius 3 is 2.65 bits per heavy atom. The van der Waals surface area contributed by atoms with E-state index >= 15 is 0 Å². The number of nitrogens with one attached hydrogen (secondary N) is 1. The van der Waals surface area contributed by atoms with Crippen molar-refractivity contribution in [3.05, 3.63) is 0 Å². The molecule has 0 bridgehead atoms. The molecule has 6 nitrogen and oxygen atoms in total. The SMILES string of the molecule is CCOC1CC(CC(=O)NCC(O)C(=O)O)C1. The smallest absolute Gasteiger partial charge is 0.334 e. The van der Waals surface area contributed by atoms with Crippen LogP contribution in [0.2, 0.25) is 0 Å². The van der Waals surface area contributed by atoms with Crippen molar-refractivity contribution in [1.29, 1.82) is 0 Å². The number of ether oxygens (including phenoxy) is 1. The van der Waals surface area contributed by atoms with E-state index in [9.17, 15) is 9.59 Å². The van der Waals surface area contributed by atoms with Gasteiger partial charge in [0, 0.05) is 13.0 Å². The van der Waals surface area contributed by atoms with Gasteiger partial charge in [-0.3, -0.25) is 4.79 Å². The maximum atomic E-state index is 11.4. The van der Waals surface area contributed by atoms with Crippen molar-refractivity contribution in [2.75, 3.05) is 13.2 Å². The van der Waals surface area contributed by atoms with E-state index in [1.165, 1.54) is 0 Å². The van der Waals surface area contributed by atoms with Crippen LogP contribution in [-0.2, 0) is 14.3 Å². The highest BCUT2D eigenvalue weighted by molar-refractivity contribution is 5.78. The van der Waals surface area contributed by atoms with Gasteiger partial charge in [0.1, 0.15) is 0 Å². The molecule has 1 amide bonds. The fraction of sp³-hybridized carbons (Fsp3) is 0.818. The lowest BCUT2D eigenvalue weighted by Crippen LogP contribution is -2.39. The molecular weight excluding hydrogens is 226 g/mol. The first kappa shape index (κ1) is 13.9. The van der Waals surface area contributed by atoms with Gasteiger partial charge in [0.25, 0.3) is 0 Å². The minimum atomic E-state index is -1.53. The van der Waals surface area contributed by atoms with Gasteiger partial charge in [-0.05, 0) is 25.7 Å². The monoisotopic (exact) mass is 245 g/mol. The van der Waals surface area contributed by atoms with Crippen LogP contribution in [0.1, 0.15) is 26.2 Å². The van der Waals surface area contributed by atoms with E-state index in [4.69, 9.17) is 14.9 Å². The highest BCUT2D eigenvalue weighted by Crippen LogP contribution is 2.32. The molecule has 1 aliphatic rings. The fourth-order valence-corrected chi connectivity index (χ4v) is 1.85. The molecule has 1 rings (SSSR count). The van der Waals surface area contributed by atoms with E-state index in [-0.39, 0.29) is 18.6 Å². The van der Waals surface area contributed by atoms with Gasteiger partial charge in [-0.15, -0.1) is 0 Å². The maximum Gasteiger partial charge on any atom is 0.334 e. The molecule has 1 aliphatic carbocycles. The lowest BCUT2D eigenvalue weighted by molar-refractivity contribution is -0.146. The van der Waals surface area contributed by atoms with Crippen molar-refractivity contribution in [2.45, 2.75) is 38.4 Å². The molecule has 17 heavy (non-hydrogen) atoms. The Labute approximate surface area is 100.0 Å². The number of amides is 1. The summed E-state index contributed by atoms with van der Waals surface area (Å²) in [6.07, 6.45) is 0.862. The van der Waals surface area contributed by atoms with E-state index in [0.29, 0.717) is 18.9 Å². The minimum Gasteiger partial charge on any atom is -0.479 e. The summed E-state index contributed by atoms with van der Waals surface area (Å²) < 4.78 is 5.37. The van der Waals surface area contributed by atoms with Gasteiger partial charge in [-0.1, -0.05) is 0 Å². The van der Waals surface area contributed by atoms with Crippen molar-refractivity contribution >= 4 is 11.9 Å². The van der Waals surface area contributed by atoms with Crippen LogP contribution in [0.25, 0.3) is 0 Å². The van der Waals surface area contributed by atoms with Gasteiger partial charge in [-0.25, -0.2) is 4.79 Å². The third-order valence-electron chi connectivity index (χ3n) is 2.85. The van der Waals surface area contributed by atoms with Crippen molar-refractivity contribution in [2.24, 2.45) is 5.92 Å². The predicted octanol–water partition coefficient (Wildman–Crippen LogP) is -0.247. The zero-order chi connectivity index (χ0) is 12.8. The predicted molar refractivity (Wildman–Crippen MR) is 59.4 cm³/mol. The highest BCUT2D eigenvalue weighted by atomic mass is 16.5. The van der Waals surface area contributed by atoms with Gasteiger partial charge in [0.05, 0.1) is 12.6 Å². The second-order valence-electron chi connectivity index (χ2n) is 4.28. The van der Waals surface area contributed by atoms with Crippen molar-refractivity contribution in [1.82, 2.24) is 5.32 Å². The molecular formula is C11H19NO5. The summed E-state index contributed by atoms with van der Waals surface area (Å²) in [7, 11) is 0. The largest absolute Gasteiger partial charge is 0.479 e. The average Bonchev–Trinajstić information content (AvgIpc) is 2.22. The minimum absolute atomic E-state index is 0.217. The first-order valence-corrected chi connectivity index (χ1v) is 5.82. The van der Waals surface area contributed by atoms with E-state index < -0.39 is 12.1 Å². The Hall–Kier alpha value is -1.14. The summed E-state index contributed by atoms with van der Waals surface area (Å²) in [6, 6.07) is 0. The third-order valence-corrected chi connectivity index (χ3v) is 2.85. The topological polar surface area (TPSA) is 95.9 Å². The summed E-state index contributed by atoms with van der Waals surface area (Å²) in [5, 5.41) is 19.8. The fourth-order valence-electron chi connectivity index (χ4n) is 1.85. The highest BCUT2D eigenvalue weighted by Gasteiger charge is 2.31. The summed E-state index contributed by atoms with van der Waals surface area (Å²) in [6.45, 7) is 2.39. The number of carbonyl (C=O) groups is 2. The second kappa shape index (κ2) is 6.56. The molecule has 0 heterocycles. The molecule has 0 spiro atoms. The first-order chi connectivity index (χ1) is 8.02. The van der Waals surface area contributed by atoms with Gasteiger partial charge in [-0.2, -0.15) is 0 Å². The summed E-state index contributed by atoms with van der Waals surface area (Å²) in [5.41, 5.74) is 0. The number of hydrogen-bond acceptors (Lipinski definition) is 4. The van der Waals surface area contributed by atoms with Gasteiger partial charge in [0.2, 0.25) is 5.91 Å². The molecule has 0 radical (unpaired) electrons. The Morgan fingerprint density at radius 2 is 2.12 bits per heavy atom. The third kappa shape index (κ3) is 4.70. The second-order valence-corrected chi connectivity index (χ2v) is 4.28. The number of aliphatic hydroxyl groups is 1. The van der Waals surface area contributed by atoms with Crippen LogP contribution in [0.5, 0.6) is 0 Å². The number of carboxylic acids is 1. The lowest BCUT2D eigenvalue weighted by Gasteiger charge is -2.34. The number of hydrogen-bond donors (Lipinski definition) is 3. The average molecular weight is 245 g/mol.